The maximum absolute atomic E-state index is 6.17. The summed E-state index contributed by atoms with van der Waals surface area (Å²) in [5, 5.41) is 3.94. The van der Waals surface area contributed by atoms with E-state index < -0.39 is 0 Å². The van der Waals surface area contributed by atoms with Gasteiger partial charge in [-0.05, 0) is 45.8 Å². The first-order chi connectivity index (χ1) is 10.2. The number of nitrogens with one attached hydrogen (secondary N) is 1. The second-order valence-corrected chi connectivity index (χ2v) is 5.77. The van der Waals surface area contributed by atoms with Gasteiger partial charge in [0, 0.05) is 12.6 Å². The van der Waals surface area contributed by atoms with Crippen molar-refractivity contribution < 1.29 is 14.2 Å². The van der Waals surface area contributed by atoms with E-state index in [1.807, 2.05) is 24.3 Å². The van der Waals surface area contributed by atoms with Gasteiger partial charge in [-0.1, -0.05) is 11.6 Å². The van der Waals surface area contributed by atoms with Crippen LogP contribution in [0, 0.1) is 0 Å². The van der Waals surface area contributed by atoms with Crippen LogP contribution in [0.5, 0.6) is 17.2 Å². The van der Waals surface area contributed by atoms with Gasteiger partial charge in [0.05, 0.1) is 22.3 Å². The summed E-state index contributed by atoms with van der Waals surface area (Å²) in [5.74, 6) is 2.25. The molecule has 2 aromatic carbocycles. The fourth-order valence-electron chi connectivity index (χ4n) is 2.09. The topological polar surface area (TPSA) is 39.7 Å². The number of fused-ring (bicyclic) bond motifs is 1. The molecule has 0 saturated carbocycles. The molecule has 0 fully saturated rings. The van der Waals surface area contributed by atoms with Gasteiger partial charge >= 0.3 is 0 Å². The second-order valence-electron chi connectivity index (χ2n) is 4.51. The molecule has 4 nitrogen and oxygen atoms in total. The van der Waals surface area contributed by atoms with Crippen molar-refractivity contribution in [2.45, 2.75) is 6.54 Å². The van der Waals surface area contributed by atoms with Crippen molar-refractivity contribution in [2.24, 2.45) is 0 Å². The summed E-state index contributed by atoms with van der Waals surface area (Å²) in [7, 11) is 1.63. The fourth-order valence-corrected chi connectivity index (χ4v) is 2.88. The zero-order chi connectivity index (χ0) is 14.8. The highest BCUT2D eigenvalue weighted by atomic mass is 79.9. The van der Waals surface area contributed by atoms with Crippen LogP contribution in [0.1, 0.15) is 5.56 Å². The van der Waals surface area contributed by atoms with Crippen LogP contribution in [-0.4, -0.2) is 13.9 Å². The highest BCUT2D eigenvalue weighted by Gasteiger charge is 2.17. The predicted molar refractivity (Wildman–Crippen MR) is 85.6 cm³/mol. The molecule has 0 unspecified atom stereocenters. The molecule has 0 bridgehead atoms. The quantitative estimate of drug-likeness (QED) is 0.863. The monoisotopic (exact) mass is 369 g/mol. The van der Waals surface area contributed by atoms with E-state index in [2.05, 4.69) is 21.2 Å². The Hall–Kier alpha value is -1.59. The van der Waals surface area contributed by atoms with Crippen LogP contribution in [0.4, 0.5) is 5.69 Å². The summed E-state index contributed by atoms with van der Waals surface area (Å²) >= 11 is 9.66. The van der Waals surface area contributed by atoms with Crippen molar-refractivity contribution in [2.75, 3.05) is 19.2 Å². The molecule has 1 aliphatic rings. The molecule has 110 valence electrons. The molecule has 0 aliphatic carbocycles. The summed E-state index contributed by atoms with van der Waals surface area (Å²) in [5.41, 5.74) is 1.88. The molecule has 0 saturated heterocycles. The van der Waals surface area contributed by atoms with Gasteiger partial charge in [-0.25, -0.2) is 0 Å². The molecule has 1 heterocycles. The maximum Gasteiger partial charge on any atom is 0.231 e. The van der Waals surface area contributed by atoms with Gasteiger partial charge < -0.3 is 19.5 Å². The van der Waals surface area contributed by atoms with Crippen molar-refractivity contribution in [1.29, 1.82) is 0 Å². The van der Waals surface area contributed by atoms with E-state index in [4.69, 9.17) is 25.8 Å². The Bertz CT molecular complexity index is 678. The molecular weight excluding hydrogens is 358 g/mol. The minimum absolute atomic E-state index is 0.256. The molecule has 0 radical (unpaired) electrons. The Morgan fingerprint density at radius 1 is 1.29 bits per heavy atom. The Kier molecular flexibility index (Phi) is 4.12. The molecule has 21 heavy (non-hydrogen) atoms. The van der Waals surface area contributed by atoms with Gasteiger partial charge in [-0.3, -0.25) is 0 Å². The summed E-state index contributed by atoms with van der Waals surface area (Å²) in [6, 6.07) is 9.44. The van der Waals surface area contributed by atoms with Crippen molar-refractivity contribution >= 4 is 33.2 Å². The van der Waals surface area contributed by atoms with Gasteiger partial charge in [0.1, 0.15) is 5.75 Å². The second kappa shape index (κ2) is 6.03. The van der Waals surface area contributed by atoms with Crippen molar-refractivity contribution in [3.05, 3.63) is 45.4 Å². The van der Waals surface area contributed by atoms with Crippen molar-refractivity contribution in [3.8, 4) is 17.2 Å². The van der Waals surface area contributed by atoms with E-state index in [0.29, 0.717) is 11.6 Å². The average molecular weight is 371 g/mol. The molecule has 1 aliphatic heterocycles. The minimum Gasteiger partial charge on any atom is -0.497 e. The molecule has 0 amide bonds. The van der Waals surface area contributed by atoms with Crippen LogP contribution in [0.15, 0.2) is 34.8 Å². The third-order valence-electron chi connectivity index (χ3n) is 3.14. The molecule has 0 spiro atoms. The normalized spacial score (nSPS) is 12.3. The van der Waals surface area contributed by atoms with Crippen LogP contribution >= 0.6 is 27.5 Å². The molecule has 3 rings (SSSR count). The molecule has 0 atom stereocenters. The van der Waals surface area contributed by atoms with Crippen molar-refractivity contribution in [1.82, 2.24) is 0 Å². The number of halogens is 2. The van der Waals surface area contributed by atoms with Crippen LogP contribution in [-0.2, 0) is 6.54 Å². The summed E-state index contributed by atoms with van der Waals surface area (Å²) in [6.07, 6.45) is 0. The summed E-state index contributed by atoms with van der Waals surface area (Å²) < 4.78 is 16.9. The lowest BCUT2D eigenvalue weighted by Crippen LogP contribution is -2.00. The third kappa shape index (κ3) is 3.04. The highest BCUT2D eigenvalue weighted by molar-refractivity contribution is 9.10. The van der Waals surface area contributed by atoms with Crippen LogP contribution in [0.2, 0.25) is 5.02 Å². The number of hydrogen-bond acceptors (Lipinski definition) is 4. The average Bonchev–Trinajstić information content (AvgIpc) is 2.95. The largest absolute Gasteiger partial charge is 0.497 e. The zero-order valence-electron chi connectivity index (χ0n) is 11.3. The van der Waals surface area contributed by atoms with E-state index in [1.54, 1.807) is 13.2 Å². The van der Waals surface area contributed by atoms with E-state index in [1.165, 1.54) is 0 Å². The van der Waals surface area contributed by atoms with Gasteiger partial charge in [-0.2, -0.15) is 0 Å². The van der Waals surface area contributed by atoms with Crippen LogP contribution in [0.25, 0.3) is 0 Å². The number of methoxy groups -OCH3 is 1. The van der Waals surface area contributed by atoms with E-state index in [9.17, 15) is 0 Å². The number of ether oxygens (including phenoxy) is 3. The molecule has 2 aromatic rings. The Morgan fingerprint density at radius 2 is 2.14 bits per heavy atom. The Labute approximate surface area is 136 Å². The summed E-state index contributed by atoms with van der Waals surface area (Å²) in [6.45, 7) is 0.870. The van der Waals surface area contributed by atoms with Crippen LogP contribution in [0.3, 0.4) is 0 Å². The predicted octanol–water partition coefficient (Wildman–Crippen LogP) is 4.45. The molecular formula is C15H13BrClNO3. The van der Waals surface area contributed by atoms with Gasteiger partial charge in [-0.15, -0.1) is 0 Å². The number of rotatable bonds is 4. The standard InChI is InChI=1S/C15H13BrClNO3/c1-19-10-2-3-12(17)13(6-10)18-7-9-4-11(16)15-14(5-9)20-8-21-15/h2-6,18H,7-8H2,1H3. The Morgan fingerprint density at radius 3 is 2.95 bits per heavy atom. The lowest BCUT2D eigenvalue weighted by atomic mass is 10.2. The van der Waals surface area contributed by atoms with Gasteiger partial charge in [0.15, 0.2) is 11.5 Å². The zero-order valence-corrected chi connectivity index (χ0v) is 13.6. The number of anilines is 1. The van der Waals surface area contributed by atoms with E-state index >= 15 is 0 Å². The van der Waals surface area contributed by atoms with Gasteiger partial charge in [0.2, 0.25) is 6.79 Å². The summed E-state index contributed by atoms with van der Waals surface area (Å²) in [4.78, 5) is 0. The number of hydrogen-bond donors (Lipinski definition) is 1. The maximum atomic E-state index is 6.17. The lowest BCUT2D eigenvalue weighted by molar-refractivity contribution is 0.173. The van der Waals surface area contributed by atoms with E-state index in [0.717, 1.165) is 33.0 Å². The minimum atomic E-state index is 0.256. The molecule has 0 aromatic heterocycles. The van der Waals surface area contributed by atoms with Gasteiger partial charge in [0.25, 0.3) is 0 Å². The first-order valence-electron chi connectivity index (χ1n) is 6.33. The van der Waals surface area contributed by atoms with Crippen molar-refractivity contribution in [3.63, 3.8) is 0 Å². The molecule has 6 heteroatoms. The fraction of sp³-hybridized carbons (Fsp3) is 0.200. The molecule has 1 N–H and O–H groups in total. The highest BCUT2D eigenvalue weighted by Crippen LogP contribution is 2.40. The first kappa shape index (κ1) is 14.4. The first-order valence-corrected chi connectivity index (χ1v) is 7.50. The van der Waals surface area contributed by atoms with E-state index in [-0.39, 0.29) is 6.79 Å². The number of benzene rings is 2. The Balaban J connectivity index is 1.78. The third-order valence-corrected chi connectivity index (χ3v) is 4.06. The SMILES string of the molecule is COc1ccc(Cl)c(NCc2cc(Br)c3c(c2)OCO3)c1. The smallest absolute Gasteiger partial charge is 0.231 e. The van der Waals surface area contributed by atoms with Crippen LogP contribution < -0.4 is 19.5 Å². The lowest BCUT2D eigenvalue weighted by Gasteiger charge is -2.11.